The van der Waals surface area contributed by atoms with Crippen molar-refractivity contribution in [3.8, 4) is 0 Å². The van der Waals surface area contributed by atoms with Crippen molar-refractivity contribution < 1.29 is 80.2 Å². The van der Waals surface area contributed by atoms with Crippen molar-refractivity contribution in [3.05, 3.63) is 0 Å². The Morgan fingerprint density at radius 2 is 0.543 bits per heavy atom. The first kappa shape index (κ1) is 92.1. The van der Waals surface area contributed by atoms with Crippen molar-refractivity contribution in [2.75, 3.05) is 39.6 Å². The minimum Gasteiger partial charge on any atom is -0.462 e. The summed E-state index contributed by atoms with van der Waals surface area (Å²) in [5.41, 5.74) is 0. The Bertz CT molecular complexity index is 1840. The molecule has 0 aliphatic rings. The van der Waals surface area contributed by atoms with Crippen LogP contribution in [-0.4, -0.2) is 96.7 Å². The number of aliphatic hydroxyl groups is 1. The second kappa shape index (κ2) is 65.7. The van der Waals surface area contributed by atoms with Crippen LogP contribution in [0.25, 0.3) is 0 Å². The van der Waals surface area contributed by atoms with Crippen molar-refractivity contribution in [2.45, 2.75) is 401 Å². The summed E-state index contributed by atoms with van der Waals surface area (Å²) in [7, 11) is -9.91. The van der Waals surface area contributed by atoms with Crippen LogP contribution in [0.2, 0.25) is 0 Å². The lowest BCUT2D eigenvalue weighted by atomic mass is 9.99. The van der Waals surface area contributed by atoms with Crippen LogP contribution in [0, 0.1) is 17.8 Å². The fourth-order valence-electron chi connectivity index (χ4n) is 11.4. The van der Waals surface area contributed by atoms with Crippen molar-refractivity contribution in [3.63, 3.8) is 0 Å². The third kappa shape index (κ3) is 67.3. The molecular weight excluding hydrogens is 1230 g/mol. The van der Waals surface area contributed by atoms with Crippen LogP contribution >= 0.6 is 15.6 Å². The first-order chi connectivity index (χ1) is 45.3. The van der Waals surface area contributed by atoms with Gasteiger partial charge in [-0.25, -0.2) is 9.13 Å². The number of aliphatic hydroxyl groups excluding tert-OH is 1. The Morgan fingerprint density at radius 3 is 0.809 bits per heavy atom. The van der Waals surface area contributed by atoms with Gasteiger partial charge in [-0.3, -0.25) is 37.3 Å². The zero-order valence-electron chi connectivity index (χ0n) is 61.4. The monoisotopic (exact) mass is 1380 g/mol. The van der Waals surface area contributed by atoms with Gasteiger partial charge in [-0.2, -0.15) is 0 Å². The first-order valence-electron chi connectivity index (χ1n) is 38.9. The number of hydrogen-bond acceptors (Lipinski definition) is 15. The van der Waals surface area contributed by atoms with Crippen LogP contribution < -0.4 is 0 Å². The Morgan fingerprint density at radius 1 is 0.309 bits per heavy atom. The largest absolute Gasteiger partial charge is 0.472 e. The predicted molar refractivity (Wildman–Crippen MR) is 381 cm³/mol. The van der Waals surface area contributed by atoms with E-state index in [9.17, 15) is 43.2 Å². The fourth-order valence-corrected chi connectivity index (χ4v) is 13.0. The topological polar surface area (TPSA) is 237 Å². The summed E-state index contributed by atoms with van der Waals surface area (Å²) >= 11 is 0. The van der Waals surface area contributed by atoms with Crippen LogP contribution in [0.15, 0.2) is 0 Å². The van der Waals surface area contributed by atoms with Crippen LogP contribution in [0.5, 0.6) is 0 Å². The van der Waals surface area contributed by atoms with Crippen LogP contribution in [0.3, 0.4) is 0 Å². The van der Waals surface area contributed by atoms with Gasteiger partial charge in [-0.1, -0.05) is 331 Å². The molecule has 19 heteroatoms. The van der Waals surface area contributed by atoms with Gasteiger partial charge in [-0.05, 0) is 43.4 Å². The van der Waals surface area contributed by atoms with Gasteiger partial charge in [0.05, 0.1) is 26.4 Å². The highest BCUT2D eigenvalue weighted by Crippen LogP contribution is 2.45. The highest BCUT2D eigenvalue weighted by molar-refractivity contribution is 7.47. The van der Waals surface area contributed by atoms with Crippen molar-refractivity contribution >= 4 is 39.5 Å². The summed E-state index contributed by atoms with van der Waals surface area (Å²) in [4.78, 5) is 72.7. The number of unbranched alkanes of at least 4 members (excludes halogenated alkanes) is 40. The highest BCUT2D eigenvalue weighted by atomic mass is 31.2. The molecule has 558 valence electrons. The van der Waals surface area contributed by atoms with Gasteiger partial charge < -0.3 is 33.8 Å². The summed E-state index contributed by atoms with van der Waals surface area (Å²) in [5.74, 6) is 0.216. The summed E-state index contributed by atoms with van der Waals surface area (Å²) in [6.07, 6.45) is 51.3. The number of carbonyl (C=O) groups is 4. The van der Waals surface area contributed by atoms with E-state index in [0.717, 1.165) is 108 Å². The molecule has 6 atom stereocenters. The molecule has 0 rings (SSSR count). The van der Waals surface area contributed by atoms with Gasteiger partial charge in [0.25, 0.3) is 0 Å². The number of carbonyl (C=O) groups excluding carboxylic acids is 4. The summed E-state index contributed by atoms with van der Waals surface area (Å²) in [6.45, 7) is 11.9. The Labute approximate surface area is 575 Å². The number of rotatable bonds is 73. The molecule has 0 saturated carbocycles. The first-order valence-corrected chi connectivity index (χ1v) is 41.9. The van der Waals surface area contributed by atoms with Crippen LogP contribution in [-0.2, 0) is 65.4 Å². The molecule has 0 bridgehead atoms. The van der Waals surface area contributed by atoms with E-state index in [-0.39, 0.29) is 25.7 Å². The fraction of sp³-hybridized carbons (Fsp3) is 0.947. The minimum absolute atomic E-state index is 0.104. The quantitative estimate of drug-likeness (QED) is 0.0222. The molecule has 3 N–H and O–H groups in total. The maximum Gasteiger partial charge on any atom is 0.472 e. The second-order valence-electron chi connectivity index (χ2n) is 28.2. The number of phosphoric ester groups is 2. The molecule has 0 radical (unpaired) electrons. The lowest BCUT2D eigenvalue weighted by Gasteiger charge is -2.21. The molecule has 0 aromatic rings. The lowest BCUT2D eigenvalue weighted by Crippen LogP contribution is -2.30. The molecule has 0 spiro atoms. The molecule has 17 nitrogen and oxygen atoms in total. The average molecular weight is 1380 g/mol. The highest BCUT2D eigenvalue weighted by Gasteiger charge is 2.30. The third-order valence-corrected chi connectivity index (χ3v) is 19.6. The van der Waals surface area contributed by atoms with E-state index in [1.165, 1.54) is 193 Å². The van der Waals surface area contributed by atoms with E-state index in [4.69, 9.17) is 37.0 Å². The van der Waals surface area contributed by atoms with Gasteiger partial charge in [0.15, 0.2) is 12.2 Å². The molecule has 3 unspecified atom stereocenters. The van der Waals surface area contributed by atoms with Gasteiger partial charge in [0.2, 0.25) is 0 Å². The number of ether oxygens (including phenoxy) is 4. The maximum atomic E-state index is 13.1. The van der Waals surface area contributed by atoms with Gasteiger partial charge >= 0.3 is 39.5 Å². The summed E-state index contributed by atoms with van der Waals surface area (Å²) < 4.78 is 68.5. The maximum absolute atomic E-state index is 13.1. The van der Waals surface area contributed by atoms with E-state index in [1.54, 1.807) is 0 Å². The minimum atomic E-state index is -4.96. The molecule has 0 heterocycles. The van der Waals surface area contributed by atoms with Crippen LogP contribution in [0.1, 0.15) is 382 Å². The van der Waals surface area contributed by atoms with E-state index in [2.05, 4.69) is 48.5 Å². The molecule has 0 saturated heterocycles. The molecule has 0 aromatic heterocycles. The molecule has 0 aliphatic heterocycles. The van der Waals surface area contributed by atoms with Crippen molar-refractivity contribution in [2.24, 2.45) is 17.8 Å². The van der Waals surface area contributed by atoms with Gasteiger partial charge in [-0.15, -0.1) is 0 Å². The van der Waals surface area contributed by atoms with Gasteiger partial charge in [0.1, 0.15) is 19.3 Å². The third-order valence-electron chi connectivity index (χ3n) is 17.7. The van der Waals surface area contributed by atoms with Crippen molar-refractivity contribution in [1.29, 1.82) is 0 Å². The molecule has 0 aliphatic carbocycles. The molecule has 0 aromatic carbocycles. The van der Waals surface area contributed by atoms with E-state index < -0.39 is 97.5 Å². The van der Waals surface area contributed by atoms with E-state index in [0.29, 0.717) is 25.7 Å². The van der Waals surface area contributed by atoms with Gasteiger partial charge in [0, 0.05) is 25.7 Å². The standard InChI is InChI=1S/C75H146O17P2/c1-8-10-11-12-13-14-27-35-42-49-56-72(77)85-63-71(92-75(80)59-52-45-38-31-30-33-40-47-54-67(5)6)65-90-94(83,84)88-61-69(76)60-87-93(81,82)89-64-70(62-86-73(78)57-50-43-36-28-24-23-26-34-41-48-55-68(7)9-2)91-74(79)58-51-44-37-29-22-20-18-16-15-17-19-21-25-32-39-46-53-66(3)4/h66-71,76H,8-65H2,1-7H3,(H,81,82)(H,83,84)/t68?,69-,70-,71-/m1/s1. The normalized spacial score (nSPS) is 14.4. The second-order valence-corrected chi connectivity index (χ2v) is 31.1. The van der Waals surface area contributed by atoms with E-state index in [1.807, 2.05) is 0 Å². The SMILES string of the molecule is CCCCCCCCCCCCC(=O)OC[C@H](COP(=O)(O)OC[C@H](O)COP(=O)(O)OC[C@@H](COC(=O)CCCCCCCCCCCCC(C)CC)OC(=O)CCCCCCCCCCCCCCCCCCC(C)C)OC(=O)CCCCCCCCCCC(C)C. The number of hydrogen-bond donors (Lipinski definition) is 3. The Balaban J connectivity index is 5.23. The summed E-state index contributed by atoms with van der Waals surface area (Å²) in [6, 6.07) is 0. The average Bonchev–Trinajstić information content (AvgIpc) is 1.55. The number of phosphoric acid groups is 2. The molecule has 94 heavy (non-hydrogen) atoms. The van der Waals surface area contributed by atoms with Crippen molar-refractivity contribution in [1.82, 2.24) is 0 Å². The summed E-state index contributed by atoms with van der Waals surface area (Å²) in [5, 5.41) is 10.6. The number of esters is 4. The molecule has 0 amide bonds. The lowest BCUT2D eigenvalue weighted by molar-refractivity contribution is -0.161. The molecule has 0 fully saturated rings. The zero-order chi connectivity index (χ0) is 69.4. The van der Waals surface area contributed by atoms with E-state index >= 15 is 0 Å². The smallest absolute Gasteiger partial charge is 0.462 e. The predicted octanol–water partition coefficient (Wildman–Crippen LogP) is 21.8. The zero-order valence-corrected chi connectivity index (χ0v) is 63.2. The Kier molecular flexibility index (Phi) is 64.3. The molecular formula is C75H146O17P2. The van der Waals surface area contributed by atoms with Crippen LogP contribution in [0.4, 0.5) is 0 Å². The Hall–Kier alpha value is -1.94.